The van der Waals surface area contributed by atoms with E-state index in [0.29, 0.717) is 24.9 Å². The van der Waals surface area contributed by atoms with Crippen LogP contribution in [0.2, 0.25) is 0 Å². The minimum atomic E-state index is -0.733. The maximum Gasteiger partial charge on any atom is 0.330 e. The molecule has 10 heteroatoms. The van der Waals surface area contributed by atoms with E-state index in [1.54, 1.807) is 6.07 Å². The molecule has 0 fully saturated rings. The van der Waals surface area contributed by atoms with E-state index in [1.807, 2.05) is 13.8 Å². The first-order valence-electron chi connectivity index (χ1n) is 10.2. The van der Waals surface area contributed by atoms with Crippen LogP contribution in [0.5, 0.6) is 0 Å². The predicted octanol–water partition coefficient (Wildman–Crippen LogP) is 2.67. The van der Waals surface area contributed by atoms with Gasteiger partial charge in [-0.15, -0.1) is 0 Å². The Bertz CT molecular complexity index is 1090. The second-order valence-electron chi connectivity index (χ2n) is 7.03. The van der Waals surface area contributed by atoms with Crippen LogP contribution in [0.4, 0.5) is 17.2 Å². The summed E-state index contributed by atoms with van der Waals surface area (Å²) in [5, 5.41) is 10.9. The van der Waals surface area contributed by atoms with Crippen LogP contribution in [0.15, 0.2) is 39.9 Å². The summed E-state index contributed by atoms with van der Waals surface area (Å²) in [5.74, 6) is -0.576. The molecule has 0 atom stereocenters. The van der Waals surface area contributed by atoms with E-state index in [9.17, 15) is 24.5 Å². The van der Waals surface area contributed by atoms with Crippen molar-refractivity contribution in [2.24, 2.45) is 0 Å². The van der Waals surface area contributed by atoms with Gasteiger partial charge in [-0.1, -0.05) is 38.8 Å². The number of anilines is 2. The average molecular weight is 429 g/mol. The molecule has 0 radical (unpaired) electrons. The van der Waals surface area contributed by atoms with E-state index in [-0.39, 0.29) is 23.7 Å². The maximum absolute atomic E-state index is 13.0. The van der Waals surface area contributed by atoms with Crippen LogP contribution in [0.25, 0.3) is 6.08 Å². The Morgan fingerprint density at radius 1 is 1.26 bits per heavy atom. The highest BCUT2D eigenvalue weighted by Gasteiger charge is 2.22. The lowest BCUT2D eigenvalue weighted by Crippen LogP contribution is -2.41. The highest BCUT2D eigenvalue weighted by molar-refractivity contribution is 6.05. The Morgan fingerprint density at radius 3 is 2.61 bits per heavy atom. The standard InChI is InChI=1S/C21H27N5O5/c1-3-5-12-24(17(27)11-10-15-8-7-9-16(14-15)26(30)31)18-19(22)25(13-6-4-2)21(29)23-20(18)28/h7-11,14H,3-6,12-13,22H2,1-2H3,(H,23,28,29)/b11-10+. The first-order chi connectivity index (χ1) is 14.8. The Kier molecular flexibility index (Phi) is 8.30. The van der Waals surface area contributed by atoms with Gasteiger partial charge in [0.05, 0.1) is 4.92 Å². The lowest BCUT2D eigenvalue weighted by Gasteiger charge is -2.23. The zero-order valence-corrected chi connectivity index (χ0v) is 17.7. The summed E-state index contributed by atoms with van der Waals surface area (Å²) in [4.78, 5) is 51.6. The number of nitro groups is 1. The predicted molar refractivity (Wildman–Crippen MR) is 120 cm³/mol. The summed E-state index contributed by atoms with van der Waals surface area (Å²) < 4.78 is 1.26. The number of non-ortho nitro benzene ring substituents is 1. The summed E-state index contributed by atoms with van der Waals surface area (Å²) >= 11 is 0. The third kappa shape index (κ3) is 5.91. The van der Waals surface area contributed by atoms with Crippen molar-refractivity contribution in [1.82, 2.24) is 9.55 Å². The second kappa shape index (κ2) is 10.9. The van der Waals surface area contributed by atoms with Crippen molar-refractivity contribution < 1.29 is 9.72 Å². The second-order valence-corrected chi connectivity index (χ2v) is 7.03. The van der Waals surface area contributed by atoms with Crippen LogP contribution in [0, 0.1) is 10.1 Å². The molecular weight excluding hydrogens is 402 g/mol. The zero-order chi connectivity index (χ0) is 23.0. The van der Waals surface area contributed by atoms with Gasteiger partial charge in [-0.2, -0.15) is 0 Å². The van der Waals surface area contributed by atoms with Crippen molar-refractivity contribution in [3.63, 3.8) is 0 Å². The van der Waals surface area contributed by atoms with Gasteiger partial charge in [0, 0.05) is 31.3 Å². The minimum absolute atomic E-state index is 0.0598. The van der Waals surface area contributed by atoms with Gasteiger partial charge in [0.15, 0.2) is 5.69 Å². The molecule has 0 saturated heterocycles. The molecule has 1 amide bonds. The molecule has 1 aromatic carbocycles. The molecule has 0 bridgehead atoms. The van der Waals surface area contributed by atoms with Crippen molar-refractivity contribution in [3.05, 3.63) is 66.9 Å². The number of carbonyl (C=O) groups is 1. The molecule has 1 heterocycles. The molecule has 0 aliphatic heterocycles. The summed E-state index contributed by atoms with van der Waals surface area (Å²) in [6.45, 7) is 4.46. The number of hydrogen-bond acceptors (Lipinski definition) is 6. The van der Waals surface area contributed by atoms with Gasteiger partial charge in [-0.05, 0) is 24.5 Å². The summed E-state index contributed by atoms with van der Waals surface area (Å²) in [6, 6.07) is 5.83. The third-order valence-electron chi connectivity index (χ3n) is 4.72. The van der Waals surface area contributed by atoms with Gasteiger partial charge in [-0.3, -0.25) is 29.3 Å². The van der Waals surface area contributed by atoms with E-state index in [0.717, 1.165) is 12.8 Å². The molecule has 0 saturated carbocycles. The fraction of sp³-hybridized carbons (Fsp3) is 0.381. The topological polar surface area (TPSA) is 144 Å². The van der Waals surface area contributed by atoms with Crippen molar-refractivity contribution in [1.29, 1.82) is 0 Å². The van der Waals surface area contributed by atoms with Crippen molar-refractivity contribution in [2.75, 3.05) is 17.2 Å². The smallest absolute Gasteiger partial charge is 0.330 e. The quantitative estimate of drug-likeness (QED) is 0.337. The van der Waals surface area contributed by atoms with Gasteiger partial charge < -0.3 is 10.6 Å². The fourth-order valence-electron chi connectivity index (χ4n) is 3.02. The number of aromatic nitrogens is 2. The van der Waals surface area contributed by atoms with Crippen LogP contribution < -0.4 is 21.9 Å². The molecule has 2 aromatic rings. The average Bonchev–Trinajstić information content (AvgIpc) is 2.74. The summed E-state index contributed by atoms with van der Waals surface area (Å²) in [7, 11) is 0. The molecule has 0 spiro atoms. The number of aromatic amines is 1. The number of unbranched alkanes of at least 4 members (excludes halogenated alkanes) is 2. The Hall–Kier alpha value is -3.69. The van der Waals surface area contributed by atoms with Crippen molar-refractivity contribution in [2.45, 2.75) is 46.1 Å². The van der Waals surface area contributed by atoms with Gasteiger partial charge in [0.1, 0.15) is 5.82 Å². The number of amides is 1. The highest BCUT2D eigenvalue weighted by Crippen LogP contribution is 2.19. The Balaban J connectivity index is 2.45. The van der Waals surface area contributed by atoms with E-state index < -0.39 is 22.1 Å². The fourth-order valence-corrected chi connectivity index (χ4v) is 3.02. The molecule has 166 valence electrons. The normalized spacial score (nSPS) is 11.0. The number of carbonyl (C=O) groups excluding carboxylic acids is 1. The Labute approximate surface area is 179 Å². The molecule has 0 aliphatic rings. The van der Waals surface area contributed by atoms with Crippen molar-refractivity contribution in [3.8, 4) is 0 Å². The minimum Gasteiger partial charge on any atom is -0.383 e. The van der Waals surface area contributed by atoms with E-state index in [2.05, 4.69) is 4.98 Å². The van der Waals surface area contributed by atoms with Crippen LogP contribution in [0.3, 0.4) is 0 Å². The van der Waals surface area contributed by atoms with Crippen LogP contribution in [0.1, 0.15) is 45.1 Å². The largest absolute Gasteiger partial charge is 0.383 e. The zero-order valence-electron chi connectivity index (χ0n) is 17.7. The van der Waals surface area contributed by atoms with Gasteiger partial charge in [0.2, 0.25) is 0 Å². The molecular formula is C21H27N5O5. The highest BCUT2D eigenvalue weighted by atomic mass is 16.6. The molecule has 31 heavy (non-hydrogen) atoms. The molecule has 0 unspecified atom stereocenters. The lowest BCUT2D eigenvalue weighted by atomic mass is 10.2. The van der Waals surface area contributed by atoms with Gasteiger partial charge in [0.25, 0.3) is 17.2 Å². The first kappa shape index (κ1) is 23.6. The number of nitrogens with zero attached hydrogens (tertiary/aromatic N) is 3. The summed E-state index contributed by atoms with van der Waals surface area (Å²) in [6.07, 6.45) is 5.56. The van der Waals surface area contributed by atoms with Crippen LogP contribution in [-0.4, -0.2) is 26.9 Å². The van der Waals surface area contributed by atoms with E-state index in [1.165, 1.54) is 39.8 Å². The lowest BCUT2D eigenvalue weighted by molar-refractivity contribution is -0.384. The van der Waals surface area contributed by atoms with Crippen LogP contribution in [-0.2, 0) is 11.3 Å². The number of nitrogens with one attached hydrogen (secondary N) is 1. The molecule has 2 rings (SSSR count). The van der Waals surface area contributed by atoms with E-state index in [4.69, 9.17) is 5.73 Å². The monoisotopic (exact) mass is 429 g/mol. The third-order valence-corrected chi connectivity index (χ3v) is 4.72. The van der Waals surface area contributed by atoms with Gasteiger partial charge >= 0.3 is 5.69 Å². The number of nitrogen functional groups attached to an aromatic ring is 1. The van der Waals surface area contributed by atoms with Crippen molar-refractivity contribution >= 4 is 29.2 Å². The van der Waals surface area contributed by atoms with Crippen LogP contribution >= 0.6 is 0 Å². The number of nitrogens with two attached hydrogens (primary N) is 1. The first-order valence-corrected chi connectivity index (χ1v) is 10.2. The number of nitro benzene ring substituents is 1. The number of rotatable bonds is 10. The van der Waals surface area contributed by atoms with E-state index >= 15 is 0 Å². The molecule has 10 nitrogen and oxygen atoms in total. The number of H-pyrrole nitrogens is 1. The molecule has 3 N–H and O–H groups in total. The number of benzene rings is 1. The summed E-state index contributed by atoms with van der Waals surface area (Å²) in [5.41, 5.74) is 5.10. The Morgan fingerprint density at radius 2 is 1.97 bits per heavy atom. The molecule has 0 aliphatic carbocycles. The number of hydrogen-bond donors (Lipinski definition) is 2. The molecule has 1 aromatic heterocycles. The van der Waals surface area contributed by atoms with Gasteiger partial charge in [-0.25, -0.2) is 4.79 Å². The maximum atomic E-state index is 13.0. The SMILES string of the molecule is CCCCN(C(=O)/C=C/c1cccc([N+](=O)[O-])c1)c1c(N)n(CCCC)c(=O)[nH]c1=O.